The fraction of sp³-hybridized carbons (Fsp3) is 0.600. The van der Waals surface area contributed by atoms with Gasteiger partial charge in [-0.15, -0.1) is 0 Å². The molecule has 0 spiro atoms. The van der Waals surface area contributed by atoms with Gasteiger partial charge in [0.25, 0.3) is 5.91 Å². The van der Waals surface area contributed by atoms with Crippen LogP contribution in [0.1, 0.15) is 36.0 Å². The highest BCUT2D eigenvalue weighted by Gasteiger charge is 2.34. The van der Waals surface area contributed by atoms with Crippen molar-refractivity contribution in [1.29, 1.82) is 0 Å². The van der Waals surface area contributed by atoms with Crippen molar-refractivity contribution < 1.29 is 9.90 Å². The summed E-state index contributed by atoms with van der Waals surface area (Å²) in [5.74, 6) is 0.647. The first kappa shape index (κ1) is 13.4. The van der Waals surface area contributed by atoms with E-state index in [9.17, 15) is 9.90 Å². The van der Waals surface area contributed by atoms with Crippen molar-refractivity contribution in [2.75, 3.05) is 19.6 Å². The Morgan fingerprint density at radius 2 is 2.05 bits per heavy atom. The Morgan fingerprint density at radius 1 is 1.30 bits per heavy atom. The van der Waals surface area contributed by atoms with Gasteiger partial charge in [0.1, 0.15) is 5.75 Å². The highest BCUT2D eigenvalue weighted by atomic mass is 16.3. The average Bonchev–Trinajstić information content (AvgIpc) is 3.30. The van der Waals surface area contributed by atoms with Crippen molar-refractivity contribution in [2.45, 2.75) is 31.7 Å². The van der Waals surface area contributed by atoms with Crippen LogP contribution in [0.5, 0.6) is 5.75 Å². The summed E-state index contributed by atoms with van der Waals surface area (Å²) in [5.41, 5.74) is 0.492. The number of nitrogens with zero attached hydrogens (tertiary/aromatic N) is 2. The van der Waals surface area contributed by atoms with E-state index in [1.54, 1.807) is 6.20 Å². The summed E-state index contributed by atoms with van der Waals surface area (Å²) < 4.78 is 0. The van der Waals surface area contributed by atoms with Gasteiger partial charge in [-0.1, -0.05) is 0 Å². The molecule has 1 aliphatic carbocycles. The standard InChI is InChI=1S/C15H21N3O2/c19-14-7-12(8-17-9-14)15(20)18(13-1-2-13)10-11-3-5-16-6-4-11/h7-9,11,13,16,19H,1-6,10H2. The molecule has 108 valence electrons. The Kier molecular flexibility index (Phi) is 3.87. The molecule has 2 N–H and O–H groups in total. The summed E-state index contributed by atoms with van der Waals surface area (Å²) in [6.07, 6.45) is 7.36. The first-order chi connectivity index (χ1) is 9.74. The highest BCUT2D eigenvalue weighted by molar-refractivity contribution is 5.94. The van der Waals surface area contributed by atoms with Crippen LogP contribution in [0, 0.1) is 5.92 Å². The van der Waals surface area contributed by atoms with E-state index >= 15 is 0 Å². The van der Waals surface area contributed by atoms with E-state index in [0.717, 1.165) is 45.3 Å². The smallest absolute Gasteiger partial charge is 0.255 e. The molecule has 0 atom stereocenters. The number of amides is 1. The Morgan fingerprint density at radius 3 is 2.70 bits per heavy atom. The van der Waals surface area contributed by atoms with Gasteiger partial charge in [0.2, 0.25) is 0 Å². The fourth-order valence-electron chi connectivity index (χ4n) is 2.84. The lowest BCUT2D eigenvalue weighted by Gasteiger charge is -2.30. The van der Waals surface area contributed by atoms with Gasteiger partial charge in [-0.25, -0.2) is 0 Å². The minimum Gasteiger partial charge on any atom is -0.506 e. The molecular weight excluding hydrogens is 254 g/mol. The molecule has 1 aromatic rings. The number of hydrogen-bond donors (Lipinski definition) is 2. The second-order valence-corrected chi connectivity index (χ2v) is 5.81. The molecule has 1 saturated carbocycles. The first-order valence-corrected chi connectivity index (χ1v) is 7.40. The maximum Gasteiger partial charge on any atom is 0.255 e. The number of aromatic hydroxyl groups is 1. The molecule has 0 aromatic carbocycles. The fourth-order valence-corrected chi connectivity index (χ4v) is 2.84. The van der Waals surface area contributed by atoms with Crippen molar-refractivity contribution in [3.8, 4) is 5.75 Å². The first-order valence-electron chi connectivity index (χ1n) is 7.40. The number of hydrogen-bond acceptors (Lipinski definition) is 4. The lowest BCUT2D eigenvalue weighted by atomic mass is 9.97. The number of carbonyl (C=O) groups excluding carboxylic acids is 1. The lowest BCUT2D eigenvalue weighted by molar-refractivity contribution is 0.0701. The van der Waals surface area contributed by atoms with E-state index in [-0.39, 0.29) is 11.7 Å². The van der Waals surface area contributed by atoms with Crippen molar-refractivity contribution in [3.05, 3.63) is 24.0 Å². The van der Waals surface area contributed by atoms with Crippen molar-refractivity contribution >= 4 is 5.91 Å². The SMILES string of the molecule is O=C(c1cncc(O)c1)N(CC1CCNCC1)C1CC1. The van der Waals surface area contributed by atoms with E-state index in [1.165, 1.54) is 12.3 Å². The summed E-state index contributed by atoms with van der Waals surface area (Å²) in [6, 6.07) is 1.90. The van der Waals surface area contributed by atoms with Gasteiger partial charge in [0.15, 0.2) is 0 Å². The highest BCUT2D eigenvalue weighted by Crippen LogP contribution is 2.30. The van der Waals surface area contributed by atoms with Gasteiger partial charge >= 0.3 is 0 Å². The molecule has 2 aliphatic rings. The zero-order chi connectivity index (χ0) is 13.9. The molecule has 5 nitrogen and oxygen atoms in total. The van der Waals surface area contributed by atoms with Gasteiger partial charge in [0.05, 0.1) is 11.8 Å². The van der Waals surface area contributed by atoms with Crippen molar-refractivity contribution in [1.82, 2.24) is 15.2 Å². The van der Waals surface area contributed by atoms with E-state index in [1.807, 2.05) is 4.90 Å². The zero-order valence-electron chi connectivity index (χ0n) is 11.6. The third kappa shape index (κ3) is 3.10. The van der Waals surface area contributed by atoms with E-state index in [0.29, 0.717) is 17.5 Å². The van der Waals surface area contributed by atoms with E-state index in [4.69, 9.17) is 0 Å². The van der Waals surface area contributed by atoms with Crippen LogP contribution in [0.4, 0.5) is 0 Å². The minimum atomic E-state index is 0.00873. The third-order valence-electron chi connectivity index (χ3n) is 4.13. The van der Waals surface area contributed by atoms with Crippen LogP contribution in [0.15, 0.2) is 18.5 Å². The Balaban J connectivity index is 1.71. The largest absolute Gasteiger partial charge is 0.506 e. The molecule has 1 aliphatic heterocycles. The summed E-state index contributed by atoms with van der Waals surface area (Å²) in [6.45, 7) is 2.93. The Hall–Kier alpha value is -1.62. The molecule has 3 rings (SSSR count). The molecule has 2 fully saturated rings. The van der Waals surface area contributed by atoms with Crippen LogP contribution in [0.2, 0.25) is 0 Å². The second kappa shape index (κ2) is 5.79. The van der Waals surface area contributed by atoms with Gasteiger partial charge in [-0.05, 0) is 50.8 Å². The molecule has 0 unspecified atom stereocenters. The maximum atomic E-state index is 12.6. The lowest BCUT2D eigenvalue weighted by Crippen LogP contribution is -2.40. The molecular formula is C15H21N3O2. The second-order valence-electron chi connectivity index (χ2n) is 5.81. The molecule has 2 heterocycles. The average molecular weight is 275 g/mol. The van der Waals surface area contributed by atoms with Gasteiger partial charge < -0.3 is 15.3 Å². The number of aromatic nitrogens is 1. The van der Waals surface area contributed by atoms with Gasteiger partial charge in [0, 0.05) is 18.8 Å². The predicted octanol–water partition coefficient (Wildman–Crippen LogP) is 1.39. The Bertz CT molecular complexity index is 482. The normalized spacial score (nSPS) is 19.8. The van der Waals surface area contributed by atoms with E-state index < -0.39 is 0 Å². The molecule has 1 aromatic heterocycles. The molecule has 1 saturated heterocycles. The van der Waals surface area contributed by atoms with Gasteiger partial charge in [-0.3, -0.25) is 9.78 Å². The predicted molar refractivity (Wildman–Crippen MR) is 75.6 cm³/mol. The molecule has 5 heteroatoms. The van der Waals surface area contributed by atoms with Crippen molar-refractivity contribution in [3.63, 3.8) is 0 Å². The minimum absolute atomic E-state index is 0.00873. The molecule has 0 radical (unpaired) electrons. The number of rotatable bonds is 4. The van der Waals surface area contributed by atoms with Crippen LogP contribution >= 0.6 is 0 Å². The number of nitrogens with one attached hydrogen (secondary N) is 1. The summed E-state index contributed by atoms with van der Waals surface area (Å²) in [7, 11) is 0. The van der Waals surface area contributed by atoms with Gasteiger partial charge in [-0.2, -0.15) is 0 Å². The van der Waals surface area contributed by atoms with Crippen LogP contribution in [-0.2, 0) is 0 Å². The van der Waals surface area contributed by atoms with Crippen LogP contribution in [0.25, 0.3) is 0 Å². The number of piperidine rings is 1. The van der Waals surface area contributed by atoms with Crippen LogP contribution in [-0.4, -0.2) is 46.6 Å². The molecule has 20 heavy (non-hydrogen) atoms. The van der Waals surface area contributed by atoms with Crippen LogP contribution < -0.4 is 5.32 Å². The van der Waals surface area contributed by atoms with Crippen molar-refractivity contribution in [2.24, 2.45) is 5.92 Å². The summed E-state index contributed by atoms with van der Waals surface area (Å²) >= 11 is 0. The van der Waals surface area contributed by atoms with Crippen LogP contribution in [0.3, 0.4) is 0 Å². The summed E-state index contributed by atoms with van der Waals surface area (Å²) in [4.78, 5) is 18.5. The monoisotopic (exact) mass is 275 g/mol. The summed E-state index contributed by atoms with van der Waals surface area (Å²) in [5, 5.41) is 12.8. The third-order valence-corrected chi connectivity index (χ3v) is 4.13. The topological polar surface area (TPSA) is 65.5 Å². The maximum absolute atomic E-state index is 12.6. The zero-order valence-corrected chi connectivity index (χ0v) is 11.6. The number of pyridine rings is 1. The number of carbonyl (C=O) groups is 1. The Labute approximate surface area is 119 Å². The molecule has 1 amide bonds. The molecule has 0 bridgehead atoms. The quantitative estimate of drug-likeness (QED) is 0.871. The van der Waals surface area contributed by atoms with E-state index in [2.05, 4.69) is 10.3 Å².